The first-order valence-electron chi connectivity index (χ1n) is 9.80. The number of para-hydroxylation sites is 1. The molecule has 0 aliphatic heterocycles. The topological polar surface area (TPSA) is 82.2 Å². The van der Waals surface area contributed by atoms with E-state index in [2.05, 4.69) is 38.0 Å². The number of allylic oxidation sites excluding steroid dienone is 1. The minimum Gasteiger partial charge on any atom is -0.493 e. The maximum atomic E-state index is 12.5. The van der Waals surface area contributed by atoms with Gasteiger partial charge in [0, 0.05) is 22.1 Å². The van der Waals surface area contributed by atoms with E-state index < -0.39 is 0 Å². The molecule has 9 heteroatoms. The van der Waals surface area contributed by atoms with Gasteiger partial charge in [-0.15, -0.1) is 16.8 Å². The number of nitrogens with one attached hydrogen (secondary N) is 1. The molecule has 2 aromatic carbocycles. The number of halogens is 1. The number of hydrogen-bond acceptors (Lipinski definition) is 6. The summed E-state index contributed by atoms with van der Waals surface area (Å²) in [4.78, 5) is 12.5. The summed E-state index contributed by atoms with van der Waals surface area (Å²) in [6, 6.07) is 13.3. The number of carbonyl (C=O) groups excluding carboxylic acids is 1. The summed E-state index contributed by atoms with van der Waals surface area (Å²) in [5.41, 5.74) is 2.41. The molecule has 0 bridgehead atoms. The molecule has 0 aliphatic carbocycles. The molecule has 164 valence electrons. The van der Waals surface area contributed by atoms with Crippen LogP contribution in [0.3, 0.4) is 0 Å². The number of ether oxygens (including phenoxy) is 1. The molecule has 1 N–H and O–H groups in total. The molecule has 0 saturated carbocycles. The Bertz CT molecular complexity index is 1300. The van der Waals surface area contributed by atoms with Gasteiger partial charge in [-0.05, 0) is 42.8 Å². The zero-order valence-electron chi connectivity index (χ0n) is 17.6. The predicted octanol–water partition coefficient (Wildman–Crippen LogP) is 5.69. The van der Waals surface area contributed by atoms with Crippen LogP contribution < -0.4 is 10.1 Å². The van der Waals surface area contributed by atoms with Crippen molar-refractivity contribution in [3.8, 4) is 17.3 Å². The average molecular weight is 513 g/mol. The van der Waals surface area contributed by atoms with Crippen molar-refractivity contribution in [3.05, 3.63) is 65.2 Å². The van der Waals surface area contributed by atoms with Crippen molar-refractivity contribution in [2.45, 2.75) is 18.6 Å². The molecule has 7 nitrogen and oxygen atoms in total. The zero-order valence-corrected chi connectivity index (χ0v) is 20.0. The van der Waals surface area contributed by atoms with E-state index in [0.717, 1.165) is 21.1 Å². The van der Waals surface area contributed by atoms with Gasteiger partial charge in [-0.3, -0.25) is 9.36 Å². The third kappa shape index (κ3) is 4.58. The Hall–Kier alpha value is -3.04. The molecule has 0 unspecified atom stereocenters. The second kappa shape index (κ2) is 9.62. The lowest BCUT2D eigenvalue weighted by atomic mass is 10.2. The number of methoxy groups -OCH3 is 1. The quantitative estimate of drug-likeness (QED) is 0.241. The van der Waals surface area contributed by atoms with Gasteiger partial charge < -0.3 is 14.5 Å². The number of nitrogens with zero attached hydrogens (tertiary/aromatic N) is 3. The molecule has 0 atom stereocenters. The Morgan fingerprint density at radius 2 is 2.16 bits per heavy atom. The van der Waals surface area contributed by atoms with Crippen LogP contribution in [0.2, 0.25) is 0 Å². The summed E-state index contributed by atoms with van der Waals surface area (Å²) in [7, 11) is 1.60. The Balaban J connectivity index is 1.54. The molecule has 2 heterocycles. The zero-order chi connectivity index (χ0) is 22.7. The summed E-state index contributed by atoms with van der Waals surface area (Å²) < 4.78 is 14.3. The minimum atomic E-state index is -0.122. The molecule has 0 spiro atoms. The van der Waals surface area contributed by atoms with Gasteiger partial charge in [-0.1, -0.05) is 45.9 Å². The average Bonchev–Trinajstić information content (AvgIpc) is 3.38. The number of aryl methyl sites for hydroxylation is 1. The van der Waals surface area contributed by atoms with Crippen molar-refractivity contribution < 1.29 is 13.9 Å². The lowest BCUT2D eigenvalue weighted by molar-refractivity contribution is -0.113. The number of furan rings is 1. The van der Waals surface area contributed by atoms with Gasteiger partial charge in [0.1, 0.15) is 0 Å². The van der Waals surface area contributed by atoms with Crippen molar-refractivity contribution in [3.63, 3.8) is 0 Å². The fourth-order valence-electron chi connectivity index (χ4n) is 3.26. The number of benzene rings is 2. The summed E-state index contributed by atoms with van der Waals surface area (Å²) in [5.74, 6) is 1.86. The number of fused-ring (bicyclic) bond motifs is 1. The monoisotopic (exact) mass is 512 g/mol. The van der Waals surface area contributed by atoms with Crippen LogP contribution >= 0.6 is 27.7 Å². The largest absolute Gasteiger partial charge is 0.493 e. The van der Waals surface area contributed by atoms with E-state index in [0.29, 0.717) is 34.6 Å². The normalized spacial score (nSPS) is 11.0. The maximum absolute atomic E-state index is 12.5. The highest BCUT2D eigenvalue weighted by molar-refractivity contribution is 9.10. The highest BCUT2D eigenvalue weighted by atomic mass is 79.9. The number of hydrogen-bond donors (Lipinski definition) is 1. The van der Waals surface area contributed by atoms with E-state index in [4.69, 9.17) is 9.15 Å². The number of amides is 1. The first-order valence-corrected chi connectivity index (χ1v) is 11.6. The van der Waals surface area contributed by atoms with Crippen molar-refractivity contribution in [1.82, 2.24) is 14.8 Å². The Kier molecular flexibility index (Phi) is 6.66. The van der Waals surface area contributed by atoms with Crippen LogP contribution in [0.15, 0.2) is 69.2 Å². The van der Waals surface area contributed by atoms with Gasteiger partial charge in [0.25, 0.3) is 0 Å². The van der Waals surface area contributed by atoms with Crippen molar-refractivity contribution in [2.24, 2.45) is 0 Å². The van der Waals surface area contributed by atoms with Gasteiger partial charge in [-0.2, -0.15) is 0 Å². The smallest absolute Gasteiger partial charge is 0.234 e. The van der Waals surface area contributed by atoms with Crippen molar-refractivity contribution >= 4 is 50.3 Å². The molecule has 4 rings (SSSR count). The third-order valence-electron chi connectivity index (χ3n) is 4.77. The van der Waals surface area contributed by atoms with E-state index in [1.807, 2.05) is 54.0 Å². The van der Waals surface area contributed by atoms with Crippen LogP contribution in [0.4, 0.5) is 5.69 Å². The third-order valence-corrected chi connectivity index (χ3v) is 6.23. The van der Waals surface area contributed by atoms with Gasteiger partial charge in [0.2, 0.25) is 11.7 Å². The van der Waals surface area contributed by atoms with Crippen LogP contribution in [-0.2, 0) is 11.3 Å². The highest BCUT2D eigenvalue weighted by Gasteiger charge is 2.19. The van der Waals surface area contributed by atoms with Crippen molar-refractivity contribution in [2.75, 3.05) is 18.2 Å². The first kappa shape index (κ1) is 22.2. The molecular formula is C23H21BrN4O3S. The van der Waals surface area contributed by atoms with Gasteiger partial charge in [0.15, 0.2) is 22.2 Å². The highest BCUT2D eigenvalue weighted by Crippen LogP contribution is 2.34. The summed E-state index contributed by atoms with van der Waals surface area (Å²) in [6.45, 7) is 6.26. The lowest BCUT2D eigenvalue weighted by Crippen LogP contribution is -2.15. The van der Waals surface area contributed by atoms with Crippen LogP contribution in [0.1, 0.15) is 5.56 Å². The fourth-order valence-corrected chi connectivity index (χ4v) is 4.49. The number of carbonyl (C=O) groups is 1. The van der Waals surface area contributed by atoms with Crippen molar-refractivity contribution in [1.29, 1.82) is 0 Å². The summed E-state index contributed by atoms with van der Waals surface area (Å²) >= 11 is 4.74. The van der Waals surface area contributed by atoms with Crippen LogP contribution in [0.25, 0.3) is 22.6 Å². The maximum Gasteiger partial charge on any atom is 0.234 e. The molecule has 0 saturated heterocycles. The standard InChI is InChI=1S/C23H21BrN4O3S/c1-4-10-28-22(19-12-15-6-5-7-18(30-3)21(15)31-19)26-27-23(28)32-13-20(29)25-17-9-8-16(24)11-14(17)2/h4-9,11-12H,1,10,13H2,2-3H3,(H,25,29). The fraction of sp³-hybridized carbons (Fsp3) is 0.174. The van der Waals surface area contributed by atoms with E-state index >= 15 is 0 Å². The Labute approximate surface area is 198 Å². The second-order valence-corrected chi connectivity index (χ2v) is 8.85. The lowest BCUT2D eigenvalue weighted by Gasteiger charge is -2.09. The SMILES string of the molecule is C=CCn1c(SCC(=O)Nc2ccc(Br)cc2C)nnc1-c1cc2cccc(OC)c2o1. The molecule has 4 aromatic rings. The van der Waals surface area contributed by atoms with Crippen LogP contribution in [0, 0.1) is 6.92 Å². The van der Waals surface area contributed by atoms with Gasteiger partial charge in [0.05, 0.1) is 12.9 Å². The number of rotatable bonds is 8. The minimum absolute atomic E-state index is 0.122. The molecule has 32 heavy (non-hydrogen) atoms. The number of anilines is 1. The van der Waals surface area contributed by atoms with Gasteiger partial charge in [-0.25, -0.2) is 0 Å². The van der Waals surface area contributed by atoms with E-state index in [1.54, 1.807) is 13.2 Å². The van der Waals surface area contributed by atoms with Gasteiger partial charge >= 0.3 is 0 Å². The molecule has 0 fully saturated rings. The Morgan fingerprint density at radius 3 is 2.91 bits per heavy atom. The molecule has 0 aliphatic rings. The number of aromatic nitrogens is 3. The van der Waals surface area contributed by atoms with E-state index in [9.17, 15) is 4.79 Å². The van der Waals surface area contributed by atoms with E-state index in [1.165, 1.54) is 11.8 Å². The second-order valence-electron chi connectivity index (χ2n) is 6.99. The predicted molar refractivity (Wildman–Crippen MR) is 130 cm³/mol. The summed E-state index contributed by atoms with van der Waals surface area (Å²) in [5, 5.41) is 13.0. The van der Waals surface area contributed by atoms with Crippen LogP contribution in [0.5, 0.6) is 5.75 Å². The molecule has 1 amide bonds. The Morgan fingerprint density at radius 1 is 1.31 bits per heavy atom. The molecule has 0 radical (unpaired) electrons. The summed E-state index contributed by atoms with van der Waals surface area (Å²) in [6.07, 6.45) is 1.76. The van der Waals surface area contributed by atoms with Crippen LogP contribution in [-0.4, -0.2) is 33.5 Å². The number of thioether (sulfide) groups is 1. The molecule has 2 aromatic heterocycles. The van der Waals surface area contributed by atoms with E-state index in [-0.39, 0.29) is 11.7 Å². The first-order chi connectivity index (χ1) is 15.5. The molecular weight excluding hydrogens is 492 g/mol.